The van der Waals surface area contributed by atoms with Crippen LogP contribution in [0.5, 0.6) is 0 Å². The van der Waals surface area contributed by atoms with Gasteiger partial charge in [-0.25, -0.2) is 0 Å². The SMILES string of the molecule is CCc1nnc(NCC2CCNCC2)s1. The van der Waals surface area contributed by atoms with Crippen molar-refractivity contribution in [1.82, 2.24) is 15.5 Å². The molecule has 0 atom stereocenters. The molecule has 4 nitrogen and oxygen atoms in total. The quantitative estimate of drug-likeness (QED) is 0.817. The third-order valence-corrected chi connectivity index (χ3v) is 3.80. The van der Waals surface area contributed by atoms with E-state index in [0.29, 0.717) is 0 Å². The fraction of sp³-hybridized carbons (Fsp3) is 0.800. The Balaban J connectivity index is 1.76. The molecule has 2 N–H and O–H groups in total. The molecule has 0 aliphatic carbocycles. The molecule has 1 aliphatic heterocycles. The van der Waals surface area contributed by atoms with E-state index in [1.165, 1.54) is 12.8 Å². The number of nitrogens with one attached hydrogen (secondary N) is 2. The zero-order valence-corrected chi connectivity index (χ0v) is 9.94. The third kappa shape index (κ3) is 3.14. The number of aromatic nitrogens is 2. The van der Waals surface area contributed by atoms with Crippen LogP contribution in [0.2, 0.25) is 0 Å². The highest BCUT2D eigenvalue weighted by Gasteiger charge is 2.13. The van der Waals surface area contributed by atoms with E-state index in [0.717, 1.165) is 42.1 Å². The Morgan fingerprint density at radius 2 is 2.20 bits per heavy atom. The molecule has 1 aliphatic rings. The lowest BCUT2D eigenvalue weighted by molar-refractivity contribution is 0.390. The van der Waals surface area contributed by atoms with E-state index in [-0.39, 0.29) is 0 Å². The number of nitrogens with zero attached hydrogens (tertiary/aromatic N) is 2. The molecule has 0 bridgehead atoms. The Bertz CT molecular complexity index is 293. The van der Waals surface area contributed by atoms with Gasteiger partial charge in [-0.15, -0.1) is 10.2 Å². The topological polar surface area (TPSA) is 49.8 Å². The highest BCUT2D eigenvalue weighted by atomic mass is 32.1. The van der Waals surface area contributed by atoms with E-state index in [2.05, 4.69) is 27.8 Å². The molecule has 2 rings (SSSR count). The fourth-order valence-corrected chi connectivity index (χ4v) is 2.47. The van der Waals surface area contributed by atoms with Gasteiger partial charge in [0.1, 0.15) is 5.01 Å². The molecule has 15 heavy (non-hydrogen) atoms. The summed E-state index contributed by atoms with van der Waals surface area (Å²) in [6, 6.07) is 0. The first-order valence-electron chi connectivity index (χ1n) is 5.65. The smallest absolute Gasteiger partial charge is 0.205 e. The second-order valence-electron chi connectivity index (χ2n) is 3.93. The van der Waals surface area contributed by atoms with Crippen LogP contribution in [-0.2, 0) is 6.42 Å². The number of aryl methyl sites for hydroxylation is 1. The minimum atomic E-state index is 0.792. The molecule has 84 valence electrons. The standard InChI is InChI=1S/C10H18N4S/c1-2-9-13-14-10(15-9)12-7-8-3-5-11-6-4-8/h8,11H,2-7H2,1H3,(H,12,14). The minimum absolute atomic E-state index is 0.792. The van der Waals surface area contributed by atoms with E-state index < -0.39 is 0 Å². The lowest BCUT2D eigenvalue weighted by Crippen LogP contribution is -2.31. The zero-order chi connectivity index (χ0) is 10.5. The summed E-state index contributed by atoms with van der Waals surface area (Å²) in [7, 11) is 0. The number of hydrogen-bond acceptors (Lipinski definition) is 5. The fourth-order valence-electron chi connectivity index (χ4n) is 1.79. The largest absolute Gasteiger partial charge is 0.360 e. The summed E-state index contributed by atoms with van der Waals surface area (Å²) in [5.74, 6) is 0.792. The number of rotatable bonds is 4. The first-order valence-corrected chi connectivity index (χ1v) is 6.47. The molecule has 5 heteroatoms. The maximum Gasteiger partial charge on any atom is 0.205 e. The van der Waals surface area contributed by atoms with Gasteiger partial charge in [-0.1, -0.05) is 18.3 Å². The van der Waals surface area contributed by atoms with Gasteiger partial charge in [-0.2, -0.15) is 0 Å². The van der Waals surface area contributed by atoms with Gasteiger partial charge in [0.15, 0.2) is 0 Å². The highest BCUT2D eigenvalue weighted by Crippen LogP contribution is 2.17. The minimum Gasteiger partial charge on any atom is -0.360 e. The molecular weight excluding hydrogens is 208 g/mol. The highest BCUT2D eigenvalue weighted by molar-refractivity contribution is 7.15. The molecule has 1 saturated heterocycles. The molecule has 0 radical (unpaired) electrons. The van der Waals surface area contributed by atoms with Gasteiger partial charge in [-0.05, 0) is 38.3 Å². The monoisotopic (exact) mass is 226 g/mol. The number of hydrogen-bond donors (Lipinski definition) is 2. The van der Waals surface area contributed by atoms with E-state index >= 15 is 0 Å². The second-order valence-corrected chi connectivity index (χ2v) is 4.99. The second kappa shape index (κ2) is 5.42. The van der Waals surface area contributed by atoms with Crippen molar-refractivity contribution in [3.8, 4) is 0 Å². The lowest BCUT2D eigenvalue weighted by atomic mass is 9.98. The summed E-state index contributed by atoms with van der Waals surface area (Å²) in [5, 5.41) is 17.1. The zero-order valence-electron chi connectivity index (χ0n) is 9.12. The molecule has 1 fully saturated rings. The normalized spacial score (nSPS) is 17.9. The summed E-state index contributed by atoms with van der Waals surface area (Å²) in [6.45, 7) is 5.46. The Morgan fingerprint density at radius 1 is 1.40 bits per heavy atom. The van der Waals surface area contributed by atoms with Crippen LogP contribution in [0, 0.1) is 5.92 Å². The van der Waals surface area contributed by atoms with Gasteiger partial charge < -0.3 is 10.6 Å². The van der Waals surface area contributed by atoms with Gasteiger partial charge in [0.05, 0.1) is 0 Å². The summed E-state index contributed by atoms with van der Waals surface area (Å²) in [6.07, 6.45) is 3.52. The average Bonchev–Trinajstić information content (AvgIpc) is 2.76. The maximum absolute atomic E-state index is 4.11. The van der Waals surface area contributed by atoms with Gasteiger partial charge in [0.25, 0.3) is 0 Å². The Labute approximate surface area is 94.5 Å². The van der Waals surface area contributed by atoms with Gasteiger partial charge in [-0.3, -0.25) is 0 Å². The van der Waals surface area contributed by atoms with Crippen LogP contribution < -0.4 is 10.6 Å². The van der Waals surface area contributed by atoms with Crippen LogP contribution in [0.25, 0.3) is 0 Å². The van der Waals surface area contributed by atoms with Crippen molar-refractivity contribution < 1.29 is 0 Å². The van der Waals surface area contributed by atoms with Crippen LogP contribution in [-0.4, -0.2) is 29.8 Å². The van der Waals surface area contributed by atoms with Crippen LogP contribution in [0.15, 0.2) is 0 Å². The summed E-state index contributed by atoms with van der Waals surface area (Å²) in [5.41, 5.74) is 0. The molecule has 0 saturated carbocycles. The first kappa shape index (κ1) is 10.8. The van der Waals surface area contributed by atoms with E-state index in [1.54, 1.807) is 11.3 Å². The molecule has 1 aromatic rings. The third-order valence-electron chi connectivity index (χ3n) is 2.77. The predicted octanol–water partition coefficient (Wildman–Crippen LogP) is 1.51. The maximum atomic E-state index is 4.11. The summed E-state index contributed by atoms with van der Waals surface area (Å²) >= 11 is 1.67. The Morgan fingerprint density at radius 3 is 2.87 bits per heavy atom. The van der Waals surface area contributed by atoms with Crippen LogP contribution in [0.4, 0.5) is 5.13 Å². The molecule has 1 aromatic heterocycles. The van der Waals surface area contributed by atoms with Crippen molar-refractivity contribution in [2.45, 2.75) is 26.2 Å². The van der Waals surface area contributed by atoms with Crippen molar-refractivity contribution in [2.24, 2.45) is 5.92 Å². The first-order chi connectivity index (χ1) is 7.38. The van der Waals surface area contributed by atoms with E-state index in [4.69, 9.17) is 0 Å². The van der Waals surface area contributed by atoms with Crippen LogP contribution >= 0.6 is 11.3 Å². The molecule has 2 heterocycles. The molecule has 0 unspecified atom stereocenters. The van der Waals surface area contributed by atoms with E-state index in [1.807, 2.05) is 0 Å². The Kier molecular flexibility index (Phi) is 3.91. The average molecular weight is 226 g/mol. The van der Waals surface area contributed by atoms with E-state index in [9.17, 15) is 0 Å². The molecule has 0 aromatic carbocycles. The number of anilines is 1. The summed E-state index contributed by atoms with van der Waals surface area (Å²) < 4.78 is 0. The molecule has 0 spiro atoms. The van der Waals surface area contributed by atoms with Crippen molar-refractivity contribution >= 4 is 16.5 Å². The van der Waals surface area contributed by atoms with Gasteiger partial charge >= 0.3 is 0 Å². The van der Waals surface area contributed by atoms with Crippen molar-refractivity contribution in [1.29, 1.82) is 0 Å². The van der Waals surface area contributed by atoms with Gasteiger partial charge in [0, 0.05) is 6.54 Å². The Hall–Kier alpha value is -0.680. The van der Waals surface area contributed by atoms with Crippen LogP contribution in [0.1, 0.15) is 24.8 Å². The van der Waals surface area contributed by atoms with Crippen molar-refractivity contribution in [2.75, 3.05) is 25.0 Å². The van der Waals surface area contributed by atoms with Crippen LogP contribution in [0.3, 0.4) is 0 Å². The van der Waals surface area contributed by atoms with Crippen molar-refractivity contribution in [3.05, 3.63) is 5.01 Å². The summed E-state index contributed by atoms with van der Waals surface area (Å²) in [4.78, 5) is 0. The van der Waals surface area contributed by atoms with Crippen molar-refractivity contribution in [3.63, 3.8) is 0 Å². The number of piperidine rings is 1. The predicted molar refractivity (Wildman–Crippen MR) is 63.4 cm³/mol. The molecular formula is C10H18N4S. The molecule has 0 amide bonds. The van der Waals surface area contributed by atoms with Gasteiger partial charge in [0.2, 0.25) is 5.13 Å². The lowest BCUT2D eigenvalue weighted by Gasteiger charge is -2.22.